The van der Waals surface area contributed by atoms with Crippen LogP contribution in [0.2, 0.25) is 0 Å². The lowest BCUT2D eigenvalue weighted by Crippen LogP contribution is -2.20. The number of para-hydroxylation sites is 1. The number of benzene rings is 1. The molecule has 0 N–H and O–H groups in total. The second-order valence-corrected chi connectivity index (χ2v) is 3.08. The number of hydrogen-bond acceptors (Lipinski definition) is 3. The Balaban J connectivity index is 1.85. The van der Waals surface area contributed by atoms with Crippen LogP contribution in [0.5, 0.6) is 5.75 Å². The molecule has 0 spiro atoms. The molecule has 1 heterocycles. The van der Waals surface area contributed by atoms with Gasteiger partial charge in [0.25, 0.3) is 0 Å². The molecule has 1 aromatic rings. The predicted octanol–water partition coefficient (Wildman–Crippen LogP) is 1.88. The third-order valence-corrected chi connectivity index (χ3v) is 1.96. The van der Waals surface area contributed by atoms with E-state index in [1.165, 1.54) is 0 Å². The van der Waals surface area contributed by atoms with E-state index in [-0.39, 0.29) is 0 Å². The van der Waals surface area contributed by atoms with Crippen molar-refractivity contribution in [2.75, 3.05) is 19.8 Å². The first-order valence-electron chi connectivity index (χ1n) is 4.79. The number of nitrogens with zero attached hydrogens (tertiary/aromatic N) is 1. The van der Waals surface area contributed by atoms with Gasteiger partial charge in [-0.2, -0.15) is 0 Å². The molecule has 0 aromatic heterocycles. The van der Waals surface area contributed by atoms with E-state index in [9.17, 15) is 0 Å². The molecule has 0 atom stereocenters. The molecule has 0 saturated carbocycles. The first kappa shape index (κ1) is 9.06. The molecule has 0 aliphatic carbocycles. The van der Waals surface area contributed by atoms with E-state index in [0.717, 1.165) is 25.3 Å². The van der Waals surface area contributed by atoms with Gasteiger partial charge >= 0.3 is 0 Å². The zero-order chi connectivity index (χ0) is 9.64. The standard InChI is InChI=1S/C11H13NO2/c1-2-5-10(6-3-1)14-9-11-12-7-4-8-13-11/h1-3,5-6H,4,7-9H2. The lowest BCUT2D eigenvalue weighted by atomic mass is 10.3. The zero-order valence-electron chi connectivity index (χ0n) is 7.98. The van der Waals surface area contributed by atoms with Crippen molar-refractivity contribution in [2.45, 2.75) is 6.42 Å². The largest absolute Gasteiger partial charge is 0.484 e. The second kappa shape index (κ2) is 4.65. The van der Waals surface area contributed by atoms with Gasteiger partial charge < -0.3 is 9.47 Å². The molecule has 1 aromatic carbocycles. The maximum atomic E-state index is 5.49. The van der Waals surface area contributed by atoms with E-state index in [1.54, 1.807) is 0 Å². The minimum absolute atomic E-state index is 0.435. The van der Waals surface area contributed by atoms with E-state index in [2.05, 4.69) is 4.99 Å². The van der Waals surface area contributed by atoms with Crippen molar-refractivity contribution in [3.63, 3.8) is 0 Å². The molecule has 0 unspecified atom stereocenters. The van der Waals surface area contributed by atoms with Crippen molar-refractivity contribution in [2.24, 2.45) is 4.99 Å². The molecular weight excluding hydrogens is 178 g/mol. The van der Waals surface area contributed by atoms with Crippen LogP contribution in [0.25, 0.3) is 0 Å². The summed E-state index contributed by atoms with van der Waals surface area (Å²) in [6, 6.07) is 9.69. The Hall–Kier alpha value is -1.51. The van der Waals surface area contributed by atoms with Gasteiger partial charge in [0.05, 0.1) is 6.61 Å². The second-order valence-electron chi connectivity index (χ2n) is 3.08. The zero-order valence-corrected chi connectivity index (χ0v) is 7.98. The fourth-order valence-corrected chi connectivity index (χ4v) is 1.25. The van der Waals surface area contributed by atoms with E-state index < -0.39 is 0 Å². The summed E-state index contributed by atoms with van der Waals surface area (Å²) in [5.41, 5.74) is 0. The molecular formula is C11H13NO2. The van der Waals surface area contributed by atoms with Crippen molar-refractivity contribution < 1.29 is 9.47 Å². The Bertz CT molecular complexity index is 308. The van der Waals surface area contributed by atoms with Gasteiger partial charge in [-0.15, -0.1) is 0 Å². The molecule has 3 nitrogen and oxygen atoms in total. The summed E-state index contributed by atoms with van der Waals surface area (Å²) in [6.45, 7) is 2.05. The molecule has 3 heteroatoms. The van der Waals surface area contributed by atoms with Crippen molar-refractivity contribution >= 4 is 5.90 Å². The summed E-state index contributed by atoms with van der Waals surface area (Å²) in [6.07, 6.45) is 1.01. The highest BCUT2D eigenvalue weighted by Crippen LogP contribution is 2.08. The van der Waals surface area contributed by atoms with E-state index in [1.807, 2.05) is 30.3 Å². The minimum atomic E-state index is 0.435. The Labute approximate surface area is 83.4 Å². The summed E-state index contributed by atoms with van der Waals surface area (Å²) in [5, 5.41) is 0. The predicted molar refractivity (Wildman–Crippen MR) is 54.8 cm³/mol. The van der Waals surface area contributed by atoms with Crippen molar-refractivity contribution in [3.05, 3.63) is 30.3 Å². The lowest BCUT2D eigenvalue weighted by Gasteiger charge is -2.14. The average molecular weight is 191 g/mol. The molecule has 0 bridgehead atoms. The maximum Gasteiger partial charge on any atom is 0.222 e. The van der Waals surface area contributed by atoms with Crippen molar-refractivity contribution in [1.29, 1.82) is 0 Å². The summed E-state index contributed by atoms with van der Waals surface area (Å²) < 4.78 is 10.8. The van der Waals surface area contributed by atoms with Crippen LogP contribution < -0.4 is 4.74 Å². The Morgan fingerprint density at radius 2 is 2.14 bits per heavy atom. The van der Waals surface area contributed by atoms with Crippen molar-refractivity contribution in [1.82, 2.24) is 0 Å². The van der Waals surface area contributed by atoms with Crippen LogP contribution in [0.4, 0.5) is 0 Å². The first-order chi connectivity index (χ1) is 6.95. The van der Waals surface area contributed by atoms with Crippen molar-refractivity contribution in [3.8, 4) is 5.75 Å². The fourth-order valence-electron chi connectivity index (χ4n) is 1.25. The quantitative estimate of drug-likeness (QED) is 0.730. The molecule has 1 aliphatic heterocycles. The number of aliphatic imine (C=N–C) groups is 1. The van der Waals surface area contributed by atoms with Gasteiger partial charge in [-0.25, -0.2) is 0 Å². The smallest absolute Gasteiger partial charge is 0.222 e. The van der Waals surface area contributed by atoms with Gasteiger partial charge in [0.1, 0.15) is 5.75 Å². The Morgan fingerprint density at radius 3 is 2.86 bits per heavy atom. The number of ether oxygens (including phenoxy) is 2. The molecule has 74 valence electrons. The van der Waals surface area contributed by atoms with Gasteiger partial charge in [0, 0.05) is 13.0 Å². The van der Waals surface area contributed by atoms with Gasteiger partial charge in [0.2, 0.25) is 5.90 Å². The monoisotopic (exact) mass is 191 g/mol. The third-order valence-electron chi connectivity index (χ3n) is 1.96. The number of rotatable bonds is 3. The highest BCUT2D eigenvalue weighted by atomic mass is 16.5. The molecule has 0 amide bonds. The van der Waals surface area contributed by atoms with Gasteiger partial charge in [-0.3, -0.25) is 4.99 Å². The molecule has 1 aliphatic rings. The number of hydrogen-bond donors (Lipinski definition) is 0. The van der Waals surface area contributed by atoms with E-state index in [4.69, 9.17) is 9.47 Å². The topological polar surface area (TPSA) is 30.8 Å². The van der Waals surface area contributed by atoms with Gasteiger partial charge in [-0.1, -0.05) is 18.2 Å². The minimum Gasteiger partial charge on any atom is -0.484 e. The average Bonchev–Trinajstić information content (AvgIpc) is 2.29. The lowest BCUT2D eigenvalue weighted by molar-refractivity contribution is 0.245. The maximum absolute atomic E-state index is 5.49. The van der Waals surface area contributed by atoms with E-state index >= 15 is 0 Å². The first-order valence-corrected chi connectivity index (χ1v) is 4.79. The van der Waals surface area contributed by atoms with Crippen LogP contribution in [0.15, 0.2) is 35.3 Å². The molecule has 0 saturated heterocycles. The fraction of sp³-hybridized carbons (Fsp3) is 0.364. The van der Waals surface area contributed by atoms with Crippen LogP contribution in [-0.4, -0.2) is 25.7 Å². The summed E-state index contributed by atoms with van der Waals surface area (Å²) in [4.78, 5) is 4.21. The summed E-state index contributed by atoms with van der Waals surface area (Å²) >= 11 is 0. The van der Waals surface area contributed by atoms with Crippen LogP contribution in [-0.2, 0) is 4.74 Å². The molecule has 14 heavy (non-hydrogen) atoms. The molecule has 0 radical (unpaired) electrons. The van der Waals surface area contributed by atoms with Crippen LogP contribution in [0.3, 0.4) is 0 Å². The van der Waals surface area contributed by atoms with E-state index in [0.29, 0.717) is 12.5 Å². The highest BCUT2D eigenvalue weighted by molar-refractivity contribution is 5.78. The normalized spacial score (nSPS) is 15.6. The van der Waals surface area contributed by atoms with Gasteiger partial charge in [0.15, 0.2) is 6.61 Å². The Kier molecular flexibility index (Phi) is 3.01. The summed E-state index contributed by atoms with van der Waals surface area (Å²) in [7, 11) is 0. The Morgan fingerprint density at radius 1 is 1.29 bits per heavy atom. The molecule has 2 rings (SSSR count). The van der Waals surface area contributed by atoms with Crippen LogP contribution >= 0.6 is 0 Å². The highest BCUT2D eigenvalue weighted by Gasteiger charge is 2.06. The van der Waals surface area contributed by atoms with Crippen LogP contribution in [0, 0.1) is 0 Å². The third kappa shape index (κ3) is 2.49. The molecule has 0 fully saturated rings. The van der Waals surface area contributed by atoms with Crippen LogP contribution in [0.1, 0.15) is 6.42 Å². The van der Waals surface area contributed by atoms with Gasteiger partial charge in [-0.05, 0) is 12.1 Å². The SMILES string of the molecule is c1ccc(OCC2=NCCCO2)cc1. The summed E-state index contributed by atoms with van der Waals surface area (Å²) in [5.74, 6) is 1.56.